The van der Waals surface area contributed by atoms with Crippen molar-refractivity contribution >= 4 is 65.6 Å². The lowest BCUT2D eigenvalue weighted by Gasteiger charge is -2.13. The van der Waals surface area contributed by atoms with Crippen LogP contribution in [0.5, 0.6) is 0 Å². The summed E-state index contributed by atoms with van der Waals surface area (Å²) in [6.07, 6.45) is 0. The van der Waals surface area contributed by atoms with Gasteiger partial charge >= 0.3 is 0 Å². The van der Waals surface area contributed by atoms with Gasteiger partial charge in [0.2, 0.25) is 0 Å². The van der Waals surface area contributed by atoms with Gasteiger partial charge in [0.1, 0.15) is 5.58 Å². The lowest BCUT2D eigenvalue weighted by atomic mass is 9.96. The van der Waals surface area contributed by atoms with Crippen LogP contribution < -0.4 is 0 Å². The summed E-state index contributed by atoms with van der Waals surface area (Å²) in [5, 5.41) is 6.86. The maximum absolute atomic E-state index is 7.33. The van der Waals surface area contributed by atoms with Gasteiger partial charge in [-0.2, -0.15) is 0 Å². The molecule has 0 fully saturated rings. The van der Waals surface area contributed by atoms with Gasteiger partial charge in [-0.1, -0.05) is 176 Å². The van der Waals surface area contributed by atoms with E-state index in [4.69, 9.17) is 19.4 Å². The van der Waals surface area contributed by atoms with Gasteiger partial charge in [-0.05, 0) is 77.4 Å². The predicted molar refractivity (Wildman–Crippen MR) is 283 cm³/mol. The fourth-order valence-electron chi connectivity index (χ4n) is 10.5. The molecule has 0 spiro atoms. The van der Waals surface area contributed by atoms with E-state index in [1.165, 1.54) is 32.6 Å². The van der Waals surface area contributed by atoms with Crippen molar-refractivity contribution < 1.29 is 4.42 Å². The van der Waals surface area contributed by atoms with E-state index in [9.17, 15) is 0 Å². The average Bonchev–Trinajstić information content (AvgIpc) is 4.09. The predicted octanol–water partition coefficient (Wildman–Crippen LogP) is 16.3. The summed E-state index contributed by atoms with van der Waals surface area (Å²) in [4.78, 5) is 15.7. The van der Waals surface area contributed by atoms with E-state index >= 15 is 0 Å². The van der Waals surface area contributed by atoms with E-state index in [1.54, 1.807) is 0 Å². The first-order chi connectivity index (χ1) is 34.2. The Morgan fingerprint density at radius 2 is 0.783 bits per heavy atom. The van der Waals surface area contributed by atoms with Crippen LogP contribution in [0.25, 0.3) is 133 Å². The molecule has 6 nitrogen and oxygen atoms in total. The maximum Gasteiger partial charge on any atom is 0.164 e. The van der Waals surface area contributed by atoms with Crippen LogP contribution in [0.4, 0.5) is 0 Å². The van der Waals surface area contributed by atoms with Crippen LogP contribution in [-0.2, 0) is 0 Å². The van der Waals surface area contributed by atoms with E-state index < -0.39 is 0 Å². The molecule has 4 heterocycles. The van der Waals surface area contributed by atoms with Crippen LogP contribution in [-0.4, -0.2) is 24.1 Å². The summed E-state index contributed by atoms with van der Waals surface area (Å²) in [6.45, 7) is 0. The Kier molecular flexibility index (Phi) is 8.79. The van der Waals surface area contributed by atoms with Crippen LogP contribution in [0.2, 0.25) is 0 Å². The number of benzene rings is 10. The van der Waals surface area contributed by atoms with Gasteiger partial charge in [0.15, 0.2) is 23.1 Å². The molecule has 0 aliphatic carbocycles. The number of rotatable bonds is 7. The number of hydrogen-bond acceptors (Lipinski definition) is 4. The fraction of sp³-hybridized carbons (Fsp3) is 0. The molecule has 4 aromatic heterocycles. The second-order valence-corrected chi connectivity index (χ2v) is 17.5. The highest BCUT2D eigenvalue weighted by molar-refractivity contribution is 6.16. The van der Waals surface area contributed by atoms with E-state index in [0.29, 0.717) is 17.5 Å². The number of para-hydroxylation sites is 4. The van der Waals surface area contributed by atoms with E-state index in [1.807, 2.05) is 42.5 Å². The Morgan fingerprint density at radius 1 is 0.290 bits per heavy atom. The van der Waals surface area contributed by atoms with Crippen molar-refractivity contribution in [2.45, 2.75) is 0 Å². The standard InChI is InChI=1S/C63H39N5O/c1-4-18-40(19-5-1)43-24-16-25-44(38-43)62-64-61(42-22-8-3-9-23-42)65-63(66-62)51-36-35-50-49-29-17-33-57(59(49)69-60(50)58(51)41-20-6-2-7-21-41)68-55-32-15-12-28-48(55)52-39-45(34-37-56(52)68)67-53-30-13-10-26-46(53)47-27-11-14-31-54(47)67/h1-39H. The number of aromatic nitrogens is 5. The third-order valence-electron chi connectivity index (χ3n) is 13.6. The van der Waals surface area contributed by atoms with E-state index in [2.05, 4.69) is 203 Å². The second-order valence-electron chi connectivity index (χ2n) is 17.5. The maximum atomic E-state index is 7.33. The molecule has 0 amide bonds. The highest BCUT2D eigenvalue weighted by Crippen LogP contribution is 2.45. The number of fused-ring (bicyclic) bond motifs is 9. The lowest BCUT2D eigenvalue weighted by Crippen LogP contribution is -2.01. The molecule has 0 atom stereocenters. The van der Waals surface area contributed by atoms with Gasteiger partial charge < -0.3 is 13.6 Å². The number of nitrogens with zero attached hydrogens (tertiary/aromatic N) is 5. The molecule has 0 bridgehead atoms. The monoisotopic (exact) mass is 881 g/mol. The summed E-state index contributed by atoms with van der Waals surface area (Å²) in [5.41, 5.74) is 15.0. The molecule has 14 aromatic rings. The van der Waals surface area contributed by atoms with Crippen LogP contribution in [0.3, 0.4) is 0 Å². The third kappa shape index (κ3) is 6.23. The second kappa shape index (κ2) is 15.6. The topological polar surface area (TPSA) is 61.7 Å². The van der Waals surface area contributed by atoms with Crippen molar-refractivity contribution in [3.63, 3.8) is 0 Å². The smallest absolute Gasteiger partial charge is 0.164 e. The number of hydrogen-bond donors (Lipinski definition) is 0. The Morgan fingerprint density at radius 3 is 1.48 bits per heavy atom. The minimum atomic E-state index is 0.562. The van der Waals surface area contributed by atoms with Crippen LogP contribution >= 0.6 is 0 Å². The number of furan rings is 1. The van der Waals surface area contributed by atoms with Crippen molar-refractivity contribution in [1.29, 1.82) is 0 Å². The molecule has 6 heteroatoms. The molecule has 10 aromatic carbocycles. The van der Waals surface area contributed by atoms with E-state index in [0.717, 1.165) is 83.3 Å². The molecule has 322 valence electrons. The molecule has 0 aliphatic rings. The van der Waals surface area contributed by atoms with Gasteiger partial charge in [-0.3, -0.25) is 0 Å². The van der Waals surface area contributed by atoms with Gasteiger partial charge in [-0.15, -0.1) is 0 Å². The highest BCUT2D eigenvalue weighted by atomic mass is 16.3. The Hall–Kier alpha value is -9.39. The molecule has 0 saturated carbocycles. The summed E-state index contributed by atoms with van der Waals surface area (Å²) in [5.74, 6) is 1.75. The normalized spacial score (nSPS) is 11.8. The Labute approximate surface area is 396 Å². The summed E-state index contributed by atoms with van der Waals surface area (Å²) < 4.78 is 12.1. The summed E-state index contributed by atoms with van der Waals surface area (Å²) in [7, 11) is 0. The summed E-state index contributed by atoms with van der Waals surface area (Å²) in [6, 6.07) is 83.1. The van der Waals surface area contributed by atoms with Crippen molar-refractivity contribution in [2.75, 3.05) is 0 Å². The van der Waals surface area contributed by atoms with Gasteiger partial charge in [0.05, 0.1) is 27.8 Å². The molecule has 69 heavy (non-hydrogen) atoms. The molecule has 0 saturated heterocycles. The van der Waals surface area contributed by atoms with Crippen molar-refractivity contribution in [1.82, 2.24) is 24.1 Å². The molecule has 0 radical (unpaired) electrons. The quantitative estimate of drug-likeness (QED) is 0.160. The van der Waals surface area contributed by atoms with Crippen molar-refractivity contribution in [2.24, 2.45) is 0 Å². The van der Waals surface area contributed by atoms with Gasteiger partial charge in [0.25, 0.3) is 0 Å². The molecular weight excluding hydrogens is 843 g/mol. The average molecular weight is 882 g/mol. The fourth-order valence-corrected chi connectivity index (χ4v) is 10.5. The largest absolute Gasteiger partial charge is 0.453 e. The zero-order valence-electron chi connectivity index (χ0n) is 37.2. The van der Waals surface area contributed by atoms with Crippen LogP contribution in [0.15, 0.2) is 241 Å². The molecule has 0 N–H and O–H groups in total. The van der Waals surface area contributed by atoms with Gasteiger partial charge in [-0.25, -0.2) is 15.0 Å². The first-order valence-corrected chi connectivity index (χ1v) is 23.3. The molecule has 0 unspecified atom stereocenters. The first kappa shape index (κ1) is 38.8. The SMILES string of the molecule is c1ccc(-c2cccc(-c3nc(-c4ccccc4)nc(-c4ccc5c(oc6c(-n7c8ccccc8c8cc(-n9c%10ccccc%10c%10ccccc%109)ccc87)cccc65)c4-c4ccccc4)n3)c2)cc1. The zero-order valence-corrected chi connectivity index (χ0v) is 37.2. The van der Waals surface area contributed by atoms with Gasteiger partial charge in [0, 0.05) is 60.3 Å². The first-order valence-electron chi connectivity index (χ1n) is 23.3. The lowest BCUT2D eigenvalue weighted by molar-refractivity contribution is 0.667. The Bertz CT molecular complexity index is 4250. The van der Waals surface area contributed by atoms with Crippen LogP contribution in [0.1, 0.15) is 0 Å². The highest BCUT2D eigenvalue weighted by Gasteiger charge is 2.24. The van der Waals surface area contributed by atoms with Crippen molar-refractivity contribution in [3.8, 4) is 67.8 Å². The zero-order chi connectivity index (χ0) is 45.4. The van der Waals surface area contributed by atoms with Crippen LogP contribution in [0, 0.1) is 0 Å². The molecule has 0 aliphatic heterocycles. The van der Waals surface area contributed by atoms with Crippen molar-refractivity contribution in [3.05, 3.63) is 237 Å². The van der Waals surface area contributed by atoms with E-state index in [-0.39, 0.29) is 0 Å². The molecular formula is C63H39N5O. The minimum absolute atomic E-state index is 0.562. The minimum Gasteiger partial charge on any atom is -0.453 e. The molecule has 14 rings (SSSR count). The third-order valence-corrected chi connectivity index (χ3v) is 13.6. The summed E-state index contributed by atoms with van der Waals surface area (Å²) >= 11 is 0. The Balaban J connectivity index is 0.986.